The van der Waals surface area contributed by atoms with Gasteiger partial charge >= 0.3 is 0 Å². The number of piperidine rings is 1. The summed E-state index contributed by atoms with van der Waals surface area (Å²) in [5, 5.41) is 3.46. The van der Waals surface area contributed by atoms with Gasteiger partial charge in [0.15, 0.2) is 0 Å². The molecule has 24 heavy (non-hydrogen) atoms. The van der Waals surface area contributed by atoms with Crippen LogP contribution in [0.4, 0.5) is 5.82 Å². The minimum absolute atomic E-state index is 0. The van der Waals surface area contributed by atoms with Crippen molar-refractivity contribution in [2.75, 3.05) is 45.2 Å². The van der Waals surface area contributed by atoms with Crippen LogP contribution in [0.2, 0.25) is 0 Å². The summed E-state index contributed by atoms with van der Waals surface area (Å²) >= 11 is 3.43. The zero-order valence-corrected chi connectivity index (χ0v) is 17.3. The van der Waals surface area contributed by atoms with E-state index in [1.54, 1.807) is 6.20 Å². The summed E-state index contributed by atoms with van der Waals surface area (Å²) in [5.41, 5.74) is 1.11. The number of aromatic nitrogens is 1. The number of hydrogen-bond donors (Lipinski definition) is 1. The predicted octanol–water partition coefficient (Wildman–Crippen LogP) is 2.97. The van der Waals surface area contributed by atoms with E-state index in [2.05, 4.69) is 26.2 Å². The molecule has 2 aliphatic heterocycles. The van der Waals surface area contributed by atoms with Crippen molar-refractivity contribution in [1.29, 1.82) is 0 Å². The van der Waals surface area contributed by atoms with Crippen LogP contribution < -0.4 is 10.2 Å². The fourth-order valence-corrected chi connectivity index (χ4v) is 3.85. The molecule has 1 amide bonds. The number of pyridine rings is 1. The lowest BCUT2D eigenvalue weighted by Gasteiger charge is -2.39. The van der Waals surface area contributed by atoms with Crippen LogP contribution in [0.15, 0.2) is 16.7 Å². The van der Waals surface area contributed by atoms with E-state index < -0.39 is 0 Å². The quantitative estimate of drug-likeness (QED) is 0.769. The predicted molar refractivity (Wildman–Crippen MR) is 106 cm³/mol. The van der Waals surface area contributed by atoms with Gasteiger partial charge in [-0.2, -0.15) is 0 Å². The Bertz CT molecular complexity index is 569. The Morgan fingerprint density at radius 2 is 1.96 bits per heavy atom. The molecule has 3 heterocycles. The molecule has 2 fully saturated rings. The Labute approximate surface area is 164 Å². The molecule has 2 aliphatic rings. The van der Waals surface area contributed by atoms with Gasteiger partial charge in [0, 0.05) is 44.4 Å². The first-order valence-corrected chi connectivity index (χ1v) is 8.63. The van der Waals surface area contributed by atoms with Crippen LogP contribution in [0.1, 0.15) is 29.6 Å². The SMILES string of the molecule is CN(C)c1ncc(Br)cc1C(=O)N1CCC2(CCNC2)CC1.Cl.Cl. The number of nitrogens with one attached hydrogen (secondary N) is 1. The molecule has 0 bridgehead atoms. The number of hydrogen-bond acceptors (Lipinski definition) is 4. The fourth-order valence-electron chi connectivity index (χ4n) is 3.52. The largest absolute Gasteiger partial charge is 0.362 e. The van der Waals surface area contributed by atoms with Crippen molar-refractivity contribution >= 4 is 52.5 Å². The molecular weight excluding hydrogens is 415 g/mol. The number of amides is 1. The third kappa shape index (κ3) is 4.34. The van der Waals surface area contributed by atoms with Crippen molar-refractivity contribution in [2.24, 2.45) is 5.41 Å². The maximum absolute atomic E-state index is 12.9. The monoisotopic (exact) mass is 438 g/mol. The normalized spacial score (nSPS) is 18.7. The van der Waals surface area contributed by atoms with Gasteiger partial charge in [-0.15, -0.1) is 24.8 Å². The van der Waals surface area contributed by atoms with Gasteiger partial charge in [0.05, 0.1) is 5.56 Å². The standard InChI is InChI=1S/C16H23BrN4O.2ClH/c1-20(2)14-13(9-12(17)10-19-14)15(22)21-7-4-16(5-8-21)3-6-18-11-16;;/h9-10,18H,3-8,11H2,1-2H3;2*1H. The average molecular weight is 440 g/mol. The molecule has 136 valence electrons. The highest BCUT2D eigenvalue weighted by Gasteiger charge is 2.38. The molecule has 1 N–H and O–H groups in total. The summed E-state index contributed by atoms with van der Waals surface area (Å²) in [4.78, 5) is 21.2. The van der Waals surface area contributed by atoms with Gasteiger partial charge in [0.25, 0.3) is 5.91 Å². The van der Waals surface area contributed by atoms with E-state index in [0.29, 0.717) is 11.0 Å². The van der Waals surface area contributed by atoms with E-state index in [1.165, 1.54) is 6.42 Å². The summed E-state index contributed by atoms with van der Waals surface area (Å²) in [5.74, 6) is 0.828. The van der Waals surface area contributed by atoms with Gasteiger partial charge in [0.1, 0.15) is 5.82 Å². The van der Waals surface area contributed by atoms with Gasteiger partial charge < -0.3 is 15.1 Å². The fraction of sp³-hybridized carbons (Fsp3) is 0.625. The van der Waals surface area contributed by atoms with Crippen LogP contribution in [0, 0.1) is 5.41 Å². The molecule has 5 nitrogen and oxygen atoms in total. The molecule has 2 saturated heterocycles. The highest BCUT2D eigenvalue weighted by Crippen LogP contribution is 2.37. The highest BCUT2D eigenvalue weighted by molar-refractivity contribution is 9.10. The Kier molecular flexibility index (Phi) is 7.78. The van der Waals surface area contributed by atoms with E-state index in [0.717, 1.165) is 49.3 Å². The van der Waals surface area contributed by atoms with Crippen LogP contribution in [-0.4, -0.2) is 56.1 Å². The molecule has 0 unspecified atom stereocenters. The smallest absolute Gasteiger partial charge is 0.257 e. The van der Waals surface area contributed by atoms with Crippen LogP contribution in [0.25, 0.3) is 0 Å². The third-order valence-electron chi connectivity index (χ3n) is 4.93. The maximum atomic E-state index is 12.9. The summed E-state index contributed by atoms with van der Waals surface area (Å²) in [6.07, 6.45) is 5.19. The zero-order valence-electron chi connectivity index (χ0n) is 14.0. The summed E-state index contributed by atoms with van der Waals surface area (Å²) < 4.78 is 0.843. The minimum atomic E-state index is 0. The van der Waals surface area contributed by atoms with Crippen molar-refractivity contribution in [3.05, 3.63) is 22.3 Å². The first-order chi connectivity index (χ1) is 10.5. The lowest BCUT2D eigenvalue weighted by molar-refractivity contribution is 0.0608. The molecule has 3 rings (SSSR count). The number of anilines is 1. The zero-order chi connectivity index (χ0) is 15.7. The third-order valence-corrected chi connectivity index (χ3v) is 5.36. The molecule has 1 spiro atoms. The molecule has 1 aromatic heterocycles. The Balaban J connectivity index is 0.00000144. The minimum Gasteiger partial charge on any atom is -0.362 e. The Hall–Kier alpha value is -0.560. The summed E-state index contributed by atoms with van der Waals surface area (Å²) in [7, 11) is 3.84. The van der Waals surface area contributed by atoms with E-state index in [1.807, 2.05) is 30.0 Å². The van der Waals surface area contributed by atoms with Gasteiger partial charge in [-0.3, -0.25) is 4.79 Å². The molecular formula is C16H25BrCl2N4O. The van der Waals surface area contributed by atoms with Gasteiger partial charge in [0.2, 0.25) is 0 Å². The van der Waals surface area contributed by atoms with Crippen molar-refractivity contribution in [3.63, 3.8) is 0 Å². The van der Waals surface area contributed by atoms with Gasteiger partial charge in [-0.05, 0) is 53.2 Å². The number of rotatable bonds is 2. The second-order valence-electron chi connectivity index (χ2n) is 6.64. The number of halogens is 3. The first-order valence-electron chi connectivity index (χ1n) is 7.84. The van der Waals surface area contributed by atoms with Crippen LogP contribution in [-0.2, 0) is 0 Å². The van der Waals surface area contributed by atoms with E-state index >= 15 is 0 Å². The molecule has 8 heteroatoms. The number of carbonyl (C=O) groups excluding carboxylic acids is 1. The number of nitrogens with zero attached hydrogens (tertiary/aromatic N) is 3. The van der Waals surface area contributed by atoms with Crippen LogP contribution >= 0.6 is 40.7 Å². The molecule has 0 atom stereocenters. The van der Waals surface area contributed by atoms with Crippen LogP contribution in [0.5, 0.6) is 0 Å². The second kappa shape index (κ2) is 8.70. The van der Waals surface area contributed by atoms with E-state index in [4.69, 9.17) is 0 Å². The van der Waals surface area contributed by atoms with E-state index in [9.17, 15) is 4.79 Å². The highest BCUT2D eigenvalue weighted by atomic mass is 79.9. The lowest BCUT2D eigenvalue weighted by Crippen LogP contribution is -2.44. The van der Waals surface area contributed by atoms with Crippen LogP contribution in [0.3, 0.4) is 0 Å². The number of likely N-dealkylation sites (tertiary alicyclic amines) is 1. The van der Waals surface area contributed by atoms with Crippen molar-refractivity contribution in [1.82, 2.24) is 15.2 Å². The van der Waals surface area contributed by atoms with Crippen molar-refractivity contribution in [2.45, 2.75) is 19.3 Å². The van der Waals surface area contributed by atoms with Gasteiger partial charge in [-0.1, -0.05) is 0 Å². The first kappa shape index (κ1) is 21.5. The molecule has 0 aliphatic carbocycles. The Morgan fingerprint density at radius 1 is 1.29 bits per heavy atom. The summed E-state index contributed by atoms with van der Waals surface area (Å²) in [6, 6.07) is 1.88. The second-order valence-corrected chi connectivity index (χ2v) is 7.55. The topological polar surface area (TPSA) is 48.5 Å². The van der Waals surface area contributed by atoms with Crippen molar-refractivity contribution in [3.8, 4) is 0 Å². The maximum Gasteiger partial charge on any atom is 0.257 e. The van der Waals surface area contributed by atoms with Gasteiger partial charge in [-0.25, -0.2) is 4.98 Å². The molecule has 0 radical (unpaired) electrons. The van der Waals surface area contributed by atoms with E-state index in [-0.39, 0.29) is 30.7 Å². The lowest BCUT2D eigenvalue weighted by atomic mass is 9.78. The Morgan fingerprint density at radius 3 is 2.50 bits per heavy atom. The molecule has 1 aromatic rings. The average Bonchev–Trinajstić information content (AvgIpc) is 2.95. The molecule has 0 aromatic carbocycles. The van der Waals surface area contributed by atoms with Crippen molar-refractivity contribution < 1.29 is 4.79 Å². The summed E-state index contributed by atoms with van der Waals surface area (Å²) in [6.45, 7) is 3.92. The number of carbonyl (C=O) groups is 1. The molecule has 0 saturated carbocycles.